The minimum absolute atomic E-state index is 0.0276. The number of H-pyrrole nitrogens is 1. The second kappa shape index (κ2) is 8.19. The summed E-state index contributed by atoms with van der Waals surface area (Å²) in [4.78, 5) is 31.4. The number of aromatic amines is 1. The highest BCUT2D eigenvalue weighted by Crippen LogP contribution is 2.25. The highest BCUT2D eigenvalue weighted by Gasteiger charge is 2.19. The smallest absolute Gasteiger partial charge is 0.269 e. The van der Waals surface area contributed by atoms with Gasteiger partial charge in [0.05, 0.1) is 10.9 Å². The van der Waals surface area contributed by atoms with Gasteiger partial charge in [0.1, 0.15) is 11.6 Å². The van der Waals surface area contributed by atoms with Crippen molar-refractivity contribution in [2.45, 2.75) is 51.4 Å². The van der Waals surface area contributed by atoms with Crippen LogP contribution in [-0.2, 0) is 11.2 Å². The number of amides is 1. The molecule has 0 aliphatic rings. The van der Waals surface area contributed by atoms with Crippen LogP contribution in [0.3, 0.4) is 0 Å². The number of benzene rings is 1. The molecule has 1 aromatic carbocycles. The van der Waals surface area contributed by atoms with Gasteiger partial charge < -0.3 is 10.3 Å². The molecule has 1 amide bonds. The van der Waals surface area contributed by atoms with E-state index in [2.05, 4.69) is 15.3 Å². The number of nitrogens with one attached hydrogen (secondary N) is 2. The van der Waals surface area contributed by atoms with Crippen LogP contribution in [0.1, 0.15) is 41.8 Å². The first kappa shape index (κ1) is 19.7. The molecule has 6 nitrogen and oxygen atoms in total. The number of thioether (sulfide) groups is 1. The lowest BCUT2D eigenvalue weighted by Crippen LogP contribution is -2.24. The summed E-state index contributed by atoms with van der Waals surface area (Å²) >= 11 is 1.16. The van der Waals surface area contributed by atoms with Crippen LogP contribution < -0.4 is 10.9 Å². The minimum Gasteiger partial charge on any atom is -0.325 e. The van der Waals surface area contributed by atoms with Gasteiger partial charge in [0, 0.05) is 5.69 Å². The first-order valence-electron chi connectivity index (χ1n) is 8.35. The van der Waals surface area contributed by atoms with Crippen molar-refractivity contribution in [3.63, 3.8) is 0 Å². The van der Waals surface area contributed by atoms with Gasteiger partial charge >= 0.3 is 0 Å². The summed E-state index contributed by atoms with van der Waals surface area (Å²) in [6, 6.07) is 5.92. The Morgan fingerprint density at radius 3 is 2.50 bits per heavy atom. The maximum Gasteiger partial charge on any atom is 0.269 e. The van der Waals surface area contributed by atoms with Crippen LogP contribution >= 0.6 is 11.8 Å². The third-order valence-electron chi connectivity index (χ3n) is 4.00. The van der Waals surface area contributed by atoms with Crippen LogP contribution in [0.2, 0.25) is 0 Å². The van der Waals surface area contributed by atoms with E-state index in [9.17, 15) is 9.59 Å². The fraction of sp³-hybridized carbons (Fsp3) is 0.368. The van der Waals surface area contributed by atoms with Crippen molar-refractivity contribution in [2.75, 3.05) is 5.32 Å². The van der Waals surface area contributed by atoms with E-state index in [1.165, 1.54) is 0 Å². The fourth-order valence-electron chi connectivity index (χ4n) is 2.75. The van der Waals surface area contributed by atoms with Gasteiger partial charge in [-0.2, -0.15) is 5.26 Å². The van der Waals surface area contributed by atoms with Crippen molar-refractivity contribution in [3.8, 4) is 6.07 Å². The molecule has 136 valence electrons. The van der Waals surface area contributed by atoms with Crippen molar-refractivity contribution < 1.29 is 4.79 Å². The van der Waals surface area contributed by atoms with Crippen LogP contribution in [0.4, 0.5) is 5.69 Å². The summed E-state index contributed by atoms with van der Waals surface area (Å²) in [6.07, 6.45) is 0.475. The number of nitriles is 1. The zero-order chi connectivity index (χ0) is 19.4. The van der Waals surface area contributed by atoms with Crippen molar-refractivity contribution in [1.82, 2.24) is 9.97 Å². The molecule has 2 rings (SSSR count). The number of rotatable bonds is 5. The number of hydrogen-bond acceptors (Lipinski definition) is 5. The highest BCUT2D eigenvalue weighted by atomic mass is 32.2. The summed E-state index contributed by atoms with van der Waals surface area (Å²) in [5.41, 5.74) is 3.96. The Kier molecular flexibility index (Phi) is 6.22. The quantitative estimate of drug-likeness (QED) is 0.622. The molecule has 2 N–H and O–H groups in total. The summed E-state index contributed by atoms with van der Waals surface area (Å²) in [5.74, 6) is -0.171. The van der Waals surface area contributed by atoms with Crippen LogP contribution in [0, 0.1) is 32.1 Å². The third kappa shape index (κ3) is 4.33. The monoisotopic (exact) mass is 370 g/mol. The average molecular weight is 370 g/mol. The van der Waals surface area contributed by atoms with E-state index in [-0.39, 0.29) is 11.5 Å². The van der Waals surface area contributed by atoms with Gasteiger partial charge in [0.2, 0.25) is 5.91 Å². The minimum atomic E-state index is -0.473. The molecule has 0 radical (unpaired) electrons. The van der Waals surface area contributed by atoms with Crippen molar-refractivity contribution in [2.24, 2.45) is 0 Å². The van der Waals surface area contributed by atoms with E-state index >= 15 is 0 Å². The Morgan fingerprint density at radius 2 is 1.96 bits per heavy atom. The number of aromatic nitrogens is 2. The molecule has 0 aliphatic carbocycles. The van der Waals surface area contributed by atoms with Gasteiger partial charge in [-0.3, -0.25) is 9.59 Å². The topological polar surface area (TPSA) is 98.6 Å². The standard InChI is InChI=1S/C19H22N4O2S/c1-6-15-14(9-20)18(25)23-19(21-15)26-13(5)17(24)22-16-11(3)7-10(2)8-12(16)4/h7-8,13H,6H2,1-5H3,(H,22,24)(H,21,23,25). The molecule has 0 aliphatic heterocycles. The molecular formula is C19H22N4O2S. The van der Waals surface area contributed by atoms with Crippen LogP contribution in [0.25, 0.3) is 0 Å². The largest absolute Gasteiger partial charge is 0.325 e. The molecule has 0 saturated heterocycles. The van der Waals surface area contributed by atoms with Crippen molar-refractivity contribution in [3.05, 3.63) is 50.4 Å². The van der Waals surface area contributed by atoms with Gasteiger partial charge in [0.25, 0.3) is 5.56 Å². The lowest BCUT2D eigenvalue weighted by molar-refractivity contribution is -0.115. The van der Waals surface area contributed by atoms with E-state index in [1.807, 2.05) is 45.9 Å². The maximum atomic E-state index is 12.6. The molecule has 0 fully saturated rings. The van der Waals surface area contributed by atoms with Crippen LogP contribution in [-0.4, -0.2) is 21.1 Å². The summed E-state index contributed by atoms with van der Waals surface area (Å²) in [7, 11) is 0. The van der Waals surface area contributed by atoms with Gasteiger partial charge in [-0.05, 0) is 45.2 Å². The Bertz CT molecular complexity index is 921. The summed E-state index contributed by atoms with van der Waals surface area (Å²) in [6.45, 7) is 9.52. The van der Waals surface area contributed by atoms with E-state index in [4.69, 9.17) is 5.26 Å². The summed E-state index contributed by atoms with van der Waals surface area (Å²) < 4.78 is 0. The SMILES string of the molecule is CCc1nc(SC(C)C(=O)Nc2c(C)cc(C)cc2C)[nH]c(=O)c1C#N. The van der Waals surface area contributed by atoms with E-state index in [0.717, 1.165) is 34.1 Å². The molecule has 7 heteroatoms. The molecule has 0 saturated carbocycles. The van der Waals surface area contributed by atoms with E-state index < -0.39 is 10.8 Å². The van der Waals surface area contributed by atoms with Gasteiger partial charge in [-0.1, -0.05) is 36.4 Å². The number of nitrogens with zero attached hydrogens (tertiary/aromatic N) is 2. The number of aryl methyl sites for hydroxylation is 4. The molecule has 26 heavy (non-hydrogen) atoms. The maximum absolute atomic E-state index is 12.6. The predicted molar refractivity (Wildman–Crippen MR) is 104 cm³/mol. The van der Waals surface area contributed by atoms with Crippen LogP contribution in [0.5, 0.6) is 0 Å². The number of hydrogen-bond donors (Lipinski definition) is 2. The molecule has 0 bridgehead atoms. The first-order valence-corrected chi connectivity index (χ1v) is 9.23. The molecule has 2 aromatic rings. The zero-order valence-electron chi connectivity index (χ0n) is 15.6. The highest BCUT2D eigenvalue weighted by molar-refractivity contribution is 8.00. The lowest BCUT2D eigenvalue weighted by Gasteiger charge is -2.16. The fourth-order valence-corrected chi connectivity index (χ4v) is 3.56. The van der Waals surface area contributed by atoms with Crippen molar-refractivity contribution >= 4 is 23.4 Å². The van der Waals surface area contributed by atoms with Gasteiger partial charge in [0.15, 0.2) is 5.16 Å². The molecule has 0 spiro atoms. The number of carbonyl (C=O) groups excluding carboxylic acids is 1. The predicted octanol–water partition coefficient (Wildman–Crippen LogP) is 3.25. The Balaban J connectivity index is 2.19. The second-order valence-corrected chi connectivity index (χ2v) is 7.51. The normalized spacial score (nSPS) is 11.7. The third-order valence-corrected chi connectivity index (χ3v) is 4.99. The number of anilines is 1. The molecule has 1 atom stereocenters. The van der Waals surface area contributed by atoms with Gasteiger partial charge in [-0.15, -0.1) is 0 Å². The molecule has 1 heterocycles. The zero-order valence-corrected chi connectivity index (χ0v) is 16.4. The Hall–Kier alpha value is -2.59. The van der Waals surface area contributed by atoms with E-state index in [0.29, 0.717) is 17.3 Å². The molecule has 1 unspecified atom stereocenters. The Morgan fingerprint density at radius 1 is 1.35 bits per heavy atom. The van der Waals surface area contributed by atoms with Crippen LogP contribution in [0.15, 0.2) is 22.1 Å². The second-order valence-electron chi connectivity index (χ2n) is 6.18. The van der Waals surface area contributed by atoms with E-state index in [1.54, 1.807) is 6.92 Å². The summed E-state index contributed by atoms with van der Waals surface area (Å²) in [5, 5.41) is 11.9. The lowest BCUT2D eigenvalue weighted by atomic mass is 10.1. The first-order chi connectivity index (χ1) is 12.3. The molecule has 1 aromatic heterocycles. The Labute approximate surface area is 157 Å². The number of carbonyl (C=O) groups is 1. The van der Waals surface area contributed by atoms with Gasteiger partial charge in [-0.25, -0.2) is 4.98 Å². The molecular weight excluding hydrogens is 348 g/mol. The average Bonchev–Trinajstić information content (AvgIpc) is 2.57. The van der Waals surface area contributed by atoms with Crippen molar-refractivity contribution in [1.29, 1.82) is 5.26 Å².